The van der Waals surface area contributed by atoms with Crippen molar-refractivity contribution < 1.29 is 18.7 Å². The third-order valence-electron chi connectivity index (χ3n) is 4.77. The van der Waals surface area contributed by atoms with Gasteiger partial charge in [-0.3, -0.25) is 4.79 Å². The van der Waals surface area contributed by atoms with Gasteiger partial charge in [-0.2, -0.15) is 4.39 Å². The Morgan fingerprint density at radius 3 is 2.43 bits per heavy atom. The Balaban J connectivity index is 1.87. The molecule has 2 amide bonds. The number of halogens is 1. The summed E-state index contributed by atoms with van der Waals surface area (Å²) >= 11 is 0.874. The number of likely N-dealkylation sites (tertiary alicyclic amines) is 1. The molecule has 5 nitrogen and oxygen atoms in total. The standard InChI is InChI=1S/C21H33FN2O3S/c1-14(2)12-16(23-19(25)17-6-7-18(22)28-17)13-15-8-10-24(11-9-15)20(26)27-21(3,4)5/h6-7,14-16H,8-13H2,1-5H3,(H,23,25). The summed E-state index contributed by atoms with van der Waals surface area (Å²) in [5.74, 6) is 0.695. The summed E-state index contributed by atoms with van der Waals surface area (Å²) in [7, 11) is 0. The first kappa shape index (κ1) is 22.7. The van der Waals surface area contributed by atoms with Gasteiger partial charge < -0.3 is 15.0 Å². The predicted molar refractivity (Wildman–Crippen MR) is 110 cm³/mol. The van der Waals surface area contributed by atoms with Crippen LogP contribution in [0.1, 0.15) is 70.0 Å². The zero-order valence-corrected chi connectivity index (χ0v) is 18.4. The summed E-state index contributed by atoms with van der Waals surface area (Å²) in [6.45, 7) is 11.2. The van der Waals surface area contributed by atoms with E-state index in [9.17, 15) is 14.0 Å². The molecule has 1 aliphatic rings. The normalized spacial score (nSPS) is 16.9. The lowest BCUT2D eigenvalue weighted by Crippen LogP contribution is -2.43. The van der Waals surface area contributed by atoms with E-state index in [0.29, 0.717) is 29.8 Å². The van der Waals surface area contributed by atoms with Crippen LogP contribution in [0.5, 0.6) is 0 Å². The summed E-state index contributed by atoms with van der Waals surface area (Å²) in [4.78, 5) is 26.8. The van der Waals surface area contributed by atoms with Crippen LogP contribution in [0, 0.1) is 17.0 Å². The van der Waals surface area contributed by atoms with Crippen LogP contribution in [0.4, 0.5) is 9.18 Å². The fraction of sp³-hybridized carbons (Fsp3) is 0.714. The van der Waals surface area contributed by atoms with Crippen LogP contribution in [-0.2, 0) is 4.74 Å². The van der Waals surface area contributed by atoms with Crippen LogP contribution in [0.15, 0.2) is 12.1 Å². The number of carbonyl (C=O) groups is 2. The molecule has 2 rings (SSSR count). The van der Waals surface area contributed by atoms with E-state index >= 15 is 0 Å². The molecule has 1 N–H and O–H groups in total. The maximum absolute atomic E-state index is 13.2. The highest BCUT2D eigenvalue weighted by molar-refractivity contribution is 7.12. The Labute approximate surface area is 171 Å². The Morgan fingerprint density at radius 2 is 1.93 bits per heavy atom. The number of thiophene rings is 1. The minimum atomic E-state index is -0.484. The number of hydrogen-bond acceptors (Lipinski definition) is 4. The van der Waals surface area contributed by atoms with Crippen LogP contribution in [-0.4, -0.2) is 41.6 Å². The molecule has 7 heteroatoms. The number of hydrogen-bond donors (Lipinski definition) is 1. The van der Waals surface area contributed by atoms with Crippen molar-refractivity contribution in [3.05, 3.63) is 22.1 Å². The molecule has 0 aliphatic carbocycles. The van der Waals surface area contributed by atoms with Crippen molar-refractivity contribution in [2.45, 2.75) is 71.9 Å². The molecular formula is C21H33FN2O3S. The quantitative estimate of drug-likeness (QED) is 0.710. The zero-order chi connectivity index (χ0) is 20.9. The molecule has 1 unspecified atom stereocenters. The molecule has 1 fully saturated rings. The average Bonchev–Trinajstić information content (AvgIpc) is 3.00. The van der Waals surface area contributed by atoms with E-state index in [4.69, 9.17) is 4.74 Å². The Morgan fingerprint density at radius 1 is 1.29 bits per heavy atom. The van der Waals surface area contributed by atoms with Gasteiger partial charge in [-0.1, -0.05) is 13.8 Å². The van der Waals surface area contributed by atoms with Crippen LogP contribution < -0.4 is 5.32 Å². The highest BCUT2D eigenvalue weighted by atomic mass is 32.1. The molecular weight excluding hydrogens is 379 g/mol. The summed E-state index contributed by atoms with van der Waals surface area (Å²) in [5.41, 5.74) is -0.484. The second kappa shape index (κ2) is 9.72. The van der Waals surface area contributed by atoms with Gasteiger partial charge in [0, 0.05) is 19.1 Å². The molecule has 28 heavy (non-hydrogen) atoms. The lowest BCUT2D eigenvalue weighted by molar-refractivity contribution is 0.0177. The van der Waals surface area contributed by atoms with Gasteiger partial charge in [-0.25, -0.2) is 4.79 Å². The van der Waals surface area contributed by atoms with Gasteiger partial charge in [0.25, 0.3) is 5.91 Å². The SMILES string of the molecule is CC(C)CC(CC1CCN(C(=O)OC(C)(C)C)CC1)NC(=O)c1ccc(F)s1. The molecule has 158 valence electrons. The minimum Gasteiger partial charge on any atom is -0.444 e. The number of nitrogens with one attached hydrogen (secondary N) is 1. The van der Waals surface area contributed by atoms with E-state index < -0.39 is 5.60 Å². The smallest absolute Gasteiger partial charge is 0.410 e. The second-order valence-electron chi connectivity index (χ2n) is 9.05. The monoisotopic (exact) mass is 412 g/mol. The van der Waals surface area contributed by atoms with Crippen molar-refractivity contribution in [1.29, 1.82) is 0 Å². The Hall–Kier alpha value is -1.63. The van der Waals surface area contributed by atoms with Crippen molar-refractivity contribution in [1.82, 2.24) is 10.2 Å². The predicted octanol–water partition coefficient (Wildman–Crippen LogP) is 5.07. The van der Waals surface area contributed by atoms with E-state index in [1.165, 1.54) is 12.1 Å². The number of piperidine rings is 1. The Kier molecular flexibility index (Phi) is 7.87. The zero-order valence-electron chi connectivity index (χ0n) is 17.6. The third kappa shape index (κ3) is 7.41. The molecule has 0 radical (unpaired) electrons. The number of ether oxygens (including phenoxy) is 1. The minimum absolute atomic E-state index is 0.0516. The summed E-state index contributed by atoms with van der Waals surface area (Å²) in [5, 5.41) is 2.74. The van der Waals surface area contributed by atoms with E-state index in [1.54, 1.807) is 4.90 Å². The van der Waals surface area contributed by atoms with Crippen LogP contribution >= 0.6 is 11.3 Å². The fourth-order valence-corrected chi connectivity index (χ4v) is 4.19. The number of nitrogens with zero attached hydrogens (tertiary/aromatic N) is 1. The number of rotatable bonds is 6. The van der Waals surface area contributed by atoms with Gasteiger partial charge in [-0.15, -0.1) is 11.3 Å². The molecule has 1 aliphatic heterocycles. The van der Waals surface area contributed by atoms with Gasteiger partial charge in [0.15, 0.2) is 5.13 Å². The summed E-state index contributed by atoms with van der Waals surface area (Å²) < 4.78 is 18.7. The topological polar surface area (TPSA) is 58.6 Å². The van der Waals surface area contributed by atoms with Gasteiger partial charge in [0.1, 0.15) is 5.60 Å². The van der Waals surface area contributed by atoms with Crippen LogP contribution in [0.3, 0.4) is 0 Å². The first-order valence-corrected chi connectivity index (χ1v) is 10.9. The Bertz CT molecular complexity index is 661. The van der Waals surface area contributed by atoms with E-state index in [2.05, 4.69) is 19.2 Å². The molecule has 1 saturated heterocycles. The first-order chi connectivity index (χ1) is 13.0. The third-order valence-corrected chi connectivity index (χ3v) is 5.64. The lowest BCUT2D eigenvalue weighted by atomic mass is 9.87. The maximum Gasteiger partial charge on any atom is 0.410 e. The van der Waals surface area contributed by atoms with Crippen LogP contribution in [0.25, 0.3) is 0 Å². The van der Waals surface area contributed by atoms with Gasteiger partial charge >= 0.3 is 6.09 Å². The summed E-state index contributed by atoms with van der Waals surface area (Å²) in [6.07, 6.45) is 3.30. The van der Waals surface area contributed by atoms with Crippen molar-refractivity contribution in [3.63, 3.8) is 0 Å². The molecule has 1 aromatic heterocycles. The molecule has 1 aromatic rings. The highest BCUT2D eigenvalue weighted by Gasteiger charge is 2.29. The second-order valence-corrected chi connectivity index (χ2v) is 10.1. The molecule has 0 bridgehead atoms. The molecule has 0 saturated carbocycles. The molecule has 0 aromatic carbocycles. The van der Waals surface area contributed by atoms with Crippen LogP contribution in [0.2, 0.25) is 0 Å². The fourth-order valence-electron chi connectivity index (χ4n) is 3.56. The lowest BCUT2D eigenvalue weighted by Gasteiger charge is -2.35. The van der Waals surface area contributed by atoms with Crippen molar-refractivity contribution in [3.8, 4) is 0 Å². The van der Waals surface area contributed by atoms with Gasteiger partial charge in [0.05, 0.1) is 4.88 Å². The highest BCUT2D eigenvalue weighted by Crippen LogP contribution is 2.26. The molecule has 2 heterocycles. The largest absolute Gasteiger partial charge is 0.444 e. The van der Waals surface area contributed by atoms with E-state index in [0.717, 1.165) is 37.0 Å². The van der Waals surface area contributed by atoms with E-state index in [-0.39, 0.29) is 23.2 Å². The number of carbonyl (C=O) groups excluding carboxylic acids is 2. The van der Waals surface area contributed by atoms with Gasteiger partial charge in [0.2, 0.25) is 0 Å². The van der Waals surface area contributed by atoms with Crippen molar-refractivity contribution >= 4 is 23.3 Å². The van der Waals surface area contributed by atoms with Crippen molar-refractivity contribution in [2.75, 3.05) is 13.1 Å². The average molecular weight is 413 g/mol. The first-order valence-electron chi connectivity index (χ1n) is 10.1. The maximum atomic E-state index is 13.2. The van der Waals surface area contributed by atoms with Crippen molar-refractivity contribution in [2.24, 2.45) is 11.8 Å². The molecule has 0 spiro atoms. The number of amides is 2. The summed E-state index contributed by atoms with van der Waals surface area (Å²) in [6, 6.07) is 2.90. The van der Waals surface area contributed by atoms with E-state index in [1.807, 2.05) is 20.8 Å². The molecule has 1 atom stereocenters. The van der Waals surface area contributed by atoms with Gasteiger partial charge in [-0.05, 0) is 70.4 Å².